The van der Waals surface area contributed by atoms with E-state index in [-0.39, 0.29) is 23.6 Å². The van der Waals surface area contributed by atoms with Crippen molar-refractivity contribution in [2.75, 3.05) is 5.32 Å². The number of nitrogens with zero attached hydrogens (tertiary/aromatic N) is 1. The molecule has 206 valence electrons. The summed E-state index contributed by atoms with van der Waals surface area (Å²) in [4.78, 5) is 42.5. The van der Waals surface area contributed by atoms with Crippen LogP contribution >= 0.6 is 0 Å². The van der Waals surface area contributed by atoms with Crippen LogP contribution in [0, 0.1) is 25.7 Å². The number of hydrogen-bond acceptors (Lipinski definition) is 5. The molecule has 0 aromatic heterocycles. The Morgan fingerprint density at radius 1 is 1.03 bits per heavy atom. The normalized spacial score (nSPS) is 18.3. The number of phenols is 1. The van der Waals surface area contributed by atoms with Crippen molar-refractivity contribution in [3.8, 4) is 5.75 Å². The molecule has 0 aliphatic heterocycles. The predicted octanol–water partition coefficient (Wildman–Crippen LogP) is 5.48. The van der Waals surface area contributed by atoms with Gasteiger partial charge in [0.1, 0.15) is 23.4 Å². The molecule has 2 aromatic carbocycles. The Balaban J connectivity index is 2.06. The molecule has 0 saturated heterocycles. The van der Waals surface area contributed by atoms with Gasteiger partial charge in [-0.1, -0.05) is 57.2 Å². The van der Waals surface area contributed by atoms with Crippen LogP contribution < -0.4 is 10.6 Å². The van der Waals surface area contributed by atoms with Gasteiger partial charge in [0.05, 0.1) is 0 Å². The van der Waals surface area contributed by atoms with E-state index >= 15 is 0 Å². The minimum absolute atomic E-state index is 0.0820. The Hall–Kier alpha value is -3.55. The summed E-state index contributed by atoms with van der Waals surface area (Å²) in [7, 11) is 0. The lowest BCUT2D eigenvalue weighted by Crippen LogP contribution is -2.55. The smallest absolute Gasteiger partial charge is 0.408 e. The van der Waals surface area contributed by atoms with Crippen LogP contribution in [0.2, 0.25) is 0 Å². The molecule has 0 heterocycles. The number of carbonyl (C=O) groups excluding carboxylic acids is 3. The first kappa shape index (κ1) is 29.0. The average Bonchev–Trinajstić information content (AvgIpc) is 3.52. The van der Waals surface area contributed by atoms with E-state index in [1.807, 2.05) is 52.8 Å². The Kier molecular flexibility index (Phi) is 8.75. The molecule has 3 rings (SSSR count). The molecule has 1 aliphatic carbocycles. The number of rotatable bonds is 8. The molecule has 1 saturated carbocycles. The molecule has 1 fully saturated rings. The van der Waals surface area contributed by atoms with E-state index in [1.54, 1.807) is 43.9 Å². The maximum atomic E-state index is 14.2. The molecule has 0 radical (unpaired) electrons. The van der Waals surface area contributed by atoms with Crippen molar-refractivity contribution < 1.29 is 24.2 Å². The topological polar surface area (TPSA) is 108 Å². The minimum atomic E-state index is -1.11. The molecule has 8 nitrogen and oxygen atoms in total. The fourth-order valence-electron chi connectivity index (χ4n) is 4.62. The van der Waals surface area contributed by atoms with Crippen molar-refractivity contribution in [2.45, 2.75) is 85.5 Å². The molecule has 0 spiro atoms. The third-order valence-corrected chi connectivity index (χ3v) is 6.77. The number of carbonyl (C=O) groups is 3. The van der Waals surface area contributed by atoms with Crippen LogP contribution in [-0.4, -0.2) is 45.6 Å². The molecule has 4 atom stereocenters. The van der Waals surface area contributed by atoms with Gasteiger partial charge in [0.2, 0.25) is 5.91 Å². The molecular formula is C30H41N3O5. The SMILES string of the molecule is Cc1cccc(C)c1NC(=O)C(c1ccccc1O)N(C(=O)C(NC(=O)OC(C)(C)C)C(C)C)C1CC1C. The highest BCUT2D eigenvalue weighted by molar-refractivity contribution is 6.00. The number of benzene rings is 2. The Labute approximate surface area is 225 Å². The van der Waals surface area contributed by atoms with Crippen molar-refractivity contribution in [1.29, 1.82) is 0 Å². The molecule has 38 heavy (non-hydrogen) atoms. The van der Waals surface area contributed by atoms with Gasteiger partial charge in [-0.3, -0.25) is 9.59 Å². The summed E-state index contributed by atoms with van der Waals surface area (Å²) in [6.07, 6.45) is 0.0106. The van der Waals surface area contributed by atoms with Crippen molar-refractivity contribution in [2.24, 2.45) is 11.8 Å². The van der Waals surface area contributed by atoms with E-state index in [1.165, 1.54) is 6.07 Å². The zero-order chi connectivity index (χ0) is 28.4. The van der Waals surface area contributed by atoms with Crippen molar-refractivity contribution in [3.05, 3.63) is 59.2 Å². The summed E-state index contributed by atoms with van der Waals surface area (Å²) in [6.45, 7) is 14.8. The molecule has 3 amide bonds. The van der Waals surface area contributed by atoms with Crippen LogP contribution in [0.25, 0.3) is 0 Å². The van der Waals surface area contributed by atoms with E-state index in [0.717, 1.165) is 11.1 Å². The number of amides is 3. The third kappa shape index (κ3) is 6.85. The van der Waals surface area contributed by atoms with Gasteiger partial charge in [-0.25, -0.2) is 4.79 Å². The molecule has 1 aliphatic rings. The maximum absolute atomic E-state index is 14.2. The number of nitrogens with one attached hydrogen (secondary N) is 2. The van der Waals surface area contributed by atoms with E-state index in [2.05, 4.69) is 10.6 Å². The second kappa shape index (κ2) is 11.5. The van der Waals surface area contributed by atoms with E-state index in [4.69, 9.17) is 4.74 Å². The van der Waals surface area contributed by atoms with Gasteiger partial charge in [0.15, 0.2) is 0 Å². The fourth-order valence-corrected chi connectivity index (χ4v) is 4.62. The second-order valence-electron chi connectivity index (χ2n) is 11.6. The standard InChI is InChI=1S/C30H41N3O5/c1-17(2)24(32-29(37)38-30(6,7)8)28(36)33(22-16-20(22)5)26(21-14-9-10-15-23(21)34)27(35)31-25-18(3)12-11-13-19(25)4/h9-15,17,20,22,24,26,34H,16H2,1-8H3,(H,31,35)(H,32,37). The summed E-state index contributed by atoms with van der Waals surface area (Å²) < 4.78 is 5.42. The number of anilines is 1. The first-order valence-electron chi connectivity index (χ1n) is 13.2. The number of hydrogen-bond donors (Lipinski definition) is 3. The van der Waals surface area contributed by atoms with Crippen LogP contribution in [-0.2, 0) is 14.3 Å². The Morgan fingerprint density at radius 3 is 2.11 bits per heavy atom. The summed E-state index contributed by atoms with van der Waals surface area (Å²) in [5, 5.41) is 16.6. The van der Waals surface area contributed by atoms with Crippen molar-refractivity contribution in [3.63, 3.8) is 0 Å². The number of phenolic OH excluding ortho intramolecular Hbond substituents is 1. The number of para-hydroxylation sites is 2. The van der Waals surface area contributed by atoms with Gasteiger partial charge in [-0.15, -0.1) is 0 Å². The van der Waals surface area contributed by atoms with Gasteiger partial charge in [-0.05, 0) is 70.1 Å². The number of aromatic hydroxyl groups is 1. The number of alkyl carbamates (subject to hydrolysis) is 1. The van der Waals surface area contributed by atoms with Gasteiger partial charge in [0.25, 0.3) is 5.91 Å². The summed E-state index contributed by atoms with van der Waals surface area (Å²) in [6, 6.07) is 10.0. The van der Waals surface area contributed by atoms with Crippen LogP contribution in [0.4, 0.5) is 10.5 Å². The first-order chi connectivity index (χ1) is 17.7. The van der Waals surface area contributed by atoms with Crippen LogP contribution in [0.3, 0.4) is 0 Å². The van der Waals surface area contributed by atoms with Gasteiger partial charge in [-0.2, -0.15) is 0 Å². The van der Waals surface area contributed by atoms with Gasteiger partial charge in [0, 0.05) is 17.3 Å². The highest BCUT2D eigenvalue weighted by Gasteiger charge is 2.49. The van der Waals surface area contributed by atoms with E-state index < -0.39 is 35.6 Å². The lowest BCUT2D eigenvalue weighted by atomic mass is 9.97. The van der Waals surface area contributed by atoms with Gasteiger partial charge < -0.3 is 25.4 Å². The zero-order valence-electron chi connectivity index (χ0n) is 23.7. The average molecular weight is 524 g/mol. The second-order valence-corrected chi connectivity index (χ2v) is 11.6. The molecule has 2 aromatic rings. The zero-order valence-corrected chi connectivity index (χ0v) is 23.7. The third-order valence-electron chi connectivity index (χ3n) is 6.77. The van der Waals surface area contributed by atoms with Crippen molar-refractivity contribution >= 4 is 23.6 Å². The highest BCUT2D eigenvalue weighted by atomic mass is 16.6. The van der Waals surface area contributed by atoms with Crippen LogP contribution in [0.1, 0.15) is 70.7 Å². The number of ether oxygens (including phenoxy) is 1. The fraction of sp³-hybridized carbons (Fsp3) is 0.500. The Bertz CT molecular complexity index is 1170. The van der Waals surface area contributed by atoms with Crippen molar-refractivity contribution in [1.82, 2.24) is 10.2 Å². The minimum Gasteiger partial charge on any atom is -0.508 e. The molecule has 8 heteroatoms. The predicted molar refractivity (Wildman–Crippen MR) is 148 cm³/mol. The monoisotopic (exact) mass is 523 g/mol. The maximum Gasteiger partial charge on any atom is 0.408 e. The Morgan fingerprint density at radius 2 is 1.61 bits per heavy atom. The van der Waals surface area contributed by atoms with Gasteiger partial charge >= 0.3 is 6.09 Å². The first-order valence-corrected chi connectivity index (χ1v) is 13.2. The van der Waals surface area contributed by atoms with E-state index in [9.17, 15) is 19.5 Å². The lowest BCUT2D eigenvalue weighted by Gasteiger charge is -2.36. The van der Waals surface area contributed by atoms with Crippen LogP contribution in [0.15, 0.2) is 42.5 Å². The molecule has 0 bridgehead atoms. The van der Waals surface area contributed by atoms with Crippen LogP contribution in [0.5, 0.6) is 5.75 Å². The summed E-state index contributed by atoms with van der Waals surface area (Å²) >= 11 is 0. The van der Waals surface area contributed by atoms with E-state index in [0.29, 0.717) is 17.7 Å². The highest BCUT2D eigenvalue weighted by Crippen LogP contribution is 2.43. The number of aryl methyl sites for hydroxylation is 2. The lowest BCUT2D eigenvalue weighted by molar-refractivity contribution is -0.142. The largest absolute Gasteiger partial charge is 0.508 e. The summed E-state index contributed by atoms with van der Waals surface area (Å²) in [5.41, 5.74) is 2.03. The molecular weight excluding hydrogens is 482 g/mol. The molecule has 3 N–H and O–H groups in total. The summed E-state index contributed by atoms with van der Waals surface area (Å²) in [5.74, 6) is -1.03. The quantitative estimate of drug-likeness (QED) is 0.425. The molecule has 4 unspecified atom stereocenters.